The van der Waals surface area contributed by atoms with E-state index in [1.54, 1.807) is 11.7 Å². The smallest absolute Gasteiger partial charge is 0.265 e. The maximum atomic E-state index is 13.2. The van der Waals surface area contributed by atoms with Crippen LogP contribution in [0, 0.1) is 30.6 Å². The van der Waals surface area contributed by atoms with Gasteiger partial charge in [0.15, 0.2) is 5.82 Å². The first-order chi connectivity index (χ1) is 17.1. The molecule has 10 nitrogen and oxygen atoms in total. The highest BCUT2D eigenvalue weighted by molar-refractivity contribution is 7.11. The van der Waals surface area contributed by atoms with Crippen molar-refractivity contribution < 1.29 is 14.1 Å². The first-order valence-corrected chi connectivity index (χ1v) is 13.3. The van der Waals surface area contributed by atoms with E-state index in [9.17, 15) is 9.59 Å². The number of carbonyl (C=O) groups excluding carboxylic acids is 2. The van der Waals surface area contributed by atoms with Gasteiger partial charge < -0.3 is 14.3 Å². The number of hydrogen-bond acceptors (Lipinski definition) is 8. The molecule has 3 atom stereocenters. The summed E-state index contributed by atoms with van der Waals surface area (Å²) in [6, 6.07) is 1.81. The molecule has 2 amide bonds. The van der Waals surface area contributed by atoms with Crippen LogP contribution in [0.4, 0.5) is 0 Å². The van der Waals surface area contributed by atoms with E-state index in [-0.39, 0.29) is 40.5 Å². The highest BCUT2D eigenvalue weighted by Crippen LogP contribution is 2.55. The second-order valence-corrected chi connectivity index (χ2v) is 12.3. The average molecular weight is 510 g/mol. The minimum atomic E-state index is -0.280. The molecule has 1 spiro atoms. The van der Waals surface area contributed by atoms with Crippen molar-refractivity contribution in [3.8, 4) is 0 Å². The van der Waals surface area contributed by atoms with Crippen LogP contribution >= 0.6 is 11.3 Å². The fourth-order valence-electron chi connectivity index (χ4n) is 5.96. The average Bonchev–Trinajstić information content (AvgIpc) is 3.41. The highest BCUT2D eigenvalue weighted by Gasteiger charge is 2.61. The van der Waals surface area contributed by atoms with Crippen molar-refractivity contribution in [3.05, 3.63) is 45.8 Å². The SMILES string of the molecule is Cc1cc(C)n(C(C)c2nc(C3CN(C(=O)c4cncs4)CC34CN(C(=O)[C@H]3CC3(C)C)C4)no2)n1. The van der Waals surface area contributed by atoms with E-state index in [0.29, 0.717) is 42.8 Å². The summed E-state index contributed by atoms with van der Waals surface area (Å²) >= 11 is 1.34. The molecule has 190 valence electrons. The molecule has 0 radical (unpaired) electrons. The monoisotopic (exact) mass is 509 g/mol. The second-order valence-electron chi connectivity index (χ2n) is 11.4. The quantitative estimate of drug-likeness (QED) is 0.520. The zero-order valence-electron chi connectivity index (χ0n) is 21.3. The zero-order chi connectivity index (χ0) is 25.4. The zero-order valence-corrected chi connectivity index (χ0v) is 22.1. The van der Waals surface area contributed by atoms with Gasteiger partial charge in [0.05, 0.1) is 23.3 Å². The maximum absolute atomic E-state index is 13.2. The summed E-state index contributed by atoms with van der Waals surface area (Å²) in [7, 11) is 0. The van der Waals surface area contributed by atoms with Gasteiger partial charge in [-0.15, -0.1) is 11.3 Å². The summed E-state index contributed by atoms with van der Waals surface area (Å²) in [6.07, 6.45) is 2.55. The Labute approximate surface area is 213 Å². The minimum absolute atomic E-state index is 0.0350. The van der Waals surface area contributed by atoms with Crippen molar-refractivity contribution in [2.75, 3.05) is 26.2 Å². The number of aryl methyl sites for hydroxylation is 2. The molecule has 11 heteroatoms. The van der Waals surface area contributed by atoms with Crippen LogP contribution in [0.3, 0.4) is 0 Å². The van der Waals surface area contributed by atoms with E-state index < -0.39 is 0 Å². The second kappa shape index (κ2) is 7.96. The van der Waals surface area contributed by atoms with Gasteiger partial charge in [-0.2, -0.15) is 10.1 Å². The third kappa shape index (κ3) is 3.66. The van der Waals surface area contributed by atoms with Crippen molar-refractivity contribution in [2.45, 2.75) is 53.0 Å². The number of rotatable bonds is 5. The molecule has 2 unspecified atom stereocenters. The van der Waals surface area contributed by atoms with Crippen molar-refractivity contribution >= 4 is 23.2 Å². The molecule has 3 aromatic heterocycles. The van der Waals surface area contributed by atoms with Crippen LogP contribution < -0.4 is 0 Å². The molecule has 5 heterocycles. The minimum Gasteiger partial charge on any atom is -0.341 e. The van der Waals surface area contributed by atoms with E-state index in [1.165, 1.54) is 11.3 Å². The Bertz CT molecular complexity index is 1320. The molecule has 0 N–H and O–H groups in total. The molecule has 2 saturated heterocycles. The molecule has 0 aromatic carbocycles. The molecule has 3 aliphatic rings. The summed E-state index contributed by atoms with van der Waals surface area (Å²) in [4.78, 5) is 39.6. The maximum Gasteiger partial charge on any atom is 0.265 e. The molecular weight excluding hydrogens is 478 g/mol. The van der Waals surface area contributed by atoms with Crippen LogP contribution in [0.2, 0.25) is 0 Å². The Morgan fingerprint density at radius 2 is 1.92 bits per heavy atom. The standard InChI is InChI=1S/C25H31N7O3S/c1-14-6-15(2)32(28-14)16(3)21-27-20(29-35-21)18-9-30(23(34)19-8-26-13-36-19)10-25(18)11-31(12-25)22(33)17-7-24(17,4)5/h6,8,13,16-18H,7,9-12H2,1-5H3/t16?,17-,18?/m1/s1. The number of nitrogens with zero attached hydrogens (tertiary/aromatic N) is 7. The van der Waals surface area contributed by atoms with Gasteiger partial charge in [-0.3, -0.25) is 19.3 Å². The molecule has 1 saturated carbocycles. The van der Waals surface area contributed by atoms with E-state index in [1.807, 2.05) is 41.3 Å². The van der Waals surface area contributed by atoms with Gasteiger partial charge >= 0.3 is 0 Å². The van der Waals surface area contributed by atoms with Gasteiger partial charge in [0, 0.05) is 43.2 Å². The fourth-order valence-corrected chi connectivity index (χ4v) is 6.54. The molecule has 3 fully saturated rings. The first-order valence-electron chi connectivity index (χ1n) is 12.4. The summed E-state index contributed by atoms with van der Waals surface area (Å²) in [5.74, 6) is 1.26. The molecule has 1 aliphatic carbocycles. The largest absolute Gasteiger partial charge is 0.341 e. The van der Waals surface area contributed by atoms with Crippen LogP contribution in [0.5, 0.6) is 0 Å². The summed E-state index contributed by atoms with van der Waals surface area (Å²) in [6.45, 7) is 12.5. The van der Waals surface area contributed by atoms with Crippen molar-refractivity contribution in [1.82, 2.24) is 34.7 Å². The molecule has 6 rings (SSSR count). The first kappa shape index (κ1) is 23.3. The van der Waals surface area contributed by atoms with Crippen LogP contribution in [0.25, 0.3) is 0 Å². The Morgan fingerprint density at radius 3 is 2.53 bits per heavy atom. The number of hydrogen-bond donors (Lipinski definition) is 0. The summed E-state index contributed by atoms with van der Waals surface area (Å²) < 4.78 is 7.61. The van der Waals surface area contributed by atoms with E-state index in [2.05, 4.69) is 29.1 Å². The fraction of sp³-hybridized carbons (Fsp3) is 0.600. The molecule has 3 aromatic rings. The van der Waals surface area contributed by atoms with Crippen molar-refractivity contribution in [3.63, 3.8) is 0 Å². The summed E-state index contributed by atoms with van der Waals surface area (Å²) in [5.41, 5.74) is 3.44. The van der Waals surface area contributed by atoms with E-state index in [4.69, 9.17) is 9.51 Å². The Kier molecular flexibility index (Phi) is 5.16. The van der Waals surface area contributed by atoms with E-state index >= 15 is 0 Å². The van der Waals surface area contributed by atoms with Crippen LogP contribution in [0.15, 0.2) is 22.3 Å². The predicted octanol–water partition coefficient (Wildman–Crippen LogP) is 3.06. The van der Waals surface area contributed by atoms with Gasteiger partial charge in [0.1, 0.15) is 10.9 Å². The predicted molar refractivity (Wildman–Crippen MR) is 131 cm³/mol. The van der Waals surface area contributed by atoms with Gasteiger partial charge in [0.25, 0.3) is 11.8 Å². The number of thiazole rings is 1. The lowest BCUT2D eigenvalue weighted by Gasteiger charge is -2.50. The van der Waals surface area contributed by atoms with Crippen LogP contribution in [0.1, 0.15) is 71.9 Å². The van der Waals surface area contributed by atoms with Gasteiger partial charge in [-0.1, -0.05) is 19.0 Å². The Balaban J connectivity index is 1.26. The van der Waals surface area contributed by atoms with Gasteiger partial charge in [-0.05, 0) is 38.7 Å². The third-order valence-corrected chi connectivity index (χ3v) is 9.01. The lowest BCUT2D eigenvalue weighted by Crippen LogP contribution is -2.62. The molecular formula is C25H31N7O3S. The van der Waals surface area contributed by atoms with E-state index in [0.717, 1.165) is 17.8 Å². The van der Waals surface area contributed by atoms with Gasteiger partial charge in [0.2, 0.25) is 5.91 Å². The number of amides is 2. The highest BCUT2D eigenvalue weighted by atomic mass is 32.1. The topological polar surface area (TPSA) is 110 Å². The lowest BCUT2D eigenvalue weighted by molar-refractivity contribution is -0.145. The summed E-state index contributed by atoms with van der Waals surface area (Å²) in [5, 5.41) is 8.94. The van der Waals surface area contributed by atoms with Gasteiger partial charge in [-0.25, -0.2) is 0 Å². The third-order valence-electron chi connectivity index (χ3n) is 8.25. The number of aromatic nitrogens is 5. The molecule has 2 aliphatic heterocycles. The number of carbonyl (C=O) groups is 2. The van der Waals surface area contributed by atoms with Crippen LogP contribution in [-0.4, -0.2) is 72.7 Å². The van der Waals surface area contributed by atoms with Crippen molar-refractivity contribution in [2.24, 2.45) is 16.7 Å². The van der Waals surface area contributed by atoms with Crippen LogP contribution in [-0.2, 0) is 4.79 Å². The normalized spacial score (nSPS) is 24.7. The lowest BCUT2D eigenvalue weighted by atomic mass is 9.71. The van der Waals surface area contributed by atoms with Crippen molar-refractivity contribution in [1.29, 1.82) is 0 Å². The number of likely N-dealkylation sites (tertiary alicyclic amines) is 2. The molecule has 0 bridgehead atoms. The Hall–Kier alpha value is -3.08. The Morgan fingerprint density at radius 1 is 1.19 bits per heavy atom. The molecule has 36 heavy (non-hydrogen) atoms.